The lowest BCUT2D eigenvalue weighted by molar-refractivity contribution is -0.0546. The monoisotopic (exact) mass is 569 g/mol. The Balaban J connectivity index is 0.000000305. The molecule has 6 atom stereocenters. The van der Waals surface area contributed by atoms with Gasteiger partial charge in [-0.1, -0.05) is 88.0 Å². The minimum absolute atomic E-state index is 0.0544. The molecule has 0 bridgehead atoms. The quantitative estimate of drug-likeness (QED) is 0.286. The van der Waals surface area contributed by atoms with Gasteiger partial charge in [0.25, 0.3) is 0 Å². The van der Waals surface area contributed by atoms with Gasteiger partial charge in [0.05, 0.1) is 18.3 Å². The van der Waals surface area contributed by atoms with Gasteiger partial charge >= 0.3 is 0 Å². The van der Waals surface area contributed by atoms with Crippen molar-refractivity contribution in [2.75, 3.05) is 13.2 Å². The standard InChI is InChI=1S/C14H28O2.2C11H22O/c1-11(15)9-10-16-13-8-6-5-7-12(13)14(2,3)4;1-8-5-6-10(12)9(7-8)11(2,3)4;1-9(2)11-5-3-10(4-6-11)7-8-12/h11-13,15H,5-10H2,1-4H3;8-10,12H,5-7H2,1-4H3;9-12H,3-8H2,1-2H3. The molecule has 0 heterocycles. The summed E-state index contributed by atoms with van der Waals surface area (Å²) in [6.45, 7) is 23.5. The van der Waals surface area contributed by atoms with Gasteiger partial charge in [0, 0.05) is 13.2 Å². The molecule has 240 valence electrons. The second-order valence-corrected chi connectivity index (χ2v) is 16.3. The average molecular weight is 569 g/mol. The van der Waals surface area contributed by atoms with E-state index in [2.05, 4.69) is 62.3 Å². The molecule has 3 aliphatic rings. The first-order valence-electron chi connectivity index (χ1n) is 17.1. The Bertz CT molecular complexity index is 624. The lowest BCUT2D eigenvalue weighted by Gasteiger charge is -2.40. The molecule has 0 aromatic carbocycles. The van der Waals surface area contributed by atoms with E-state index in [1.165, 1.54) is 64.2 Å². The maximum Gasteiger partial charge on any atom is 0.0608 e. The molecule has 3 fully saturated rings. The number of aliphatic hydroxyl groups excluding tert-OH is 3. The third-order valence-electron chi connectivity index (χ3n) is 10.2. The van der Waals surface area contributed by atoms with Gasteiger partial charge in [-0.25, -0.2) is 0 Å². The van der Waals surface area contributed by atoms with Gasteiger partial charge in [-0.05, 0) is 111 Å². The van der Waals surface area contributed by atoms with E-state index in [0.29, 0.717) is 36.6 Å². The maximum absolute atomic E-state index is 9.82. The molecular weight excluding hydrogens is 496 g/mol. The van der Waals surface area contributed by atoms with Gasteiger partial charge < -0.3 is 20.1 Å². The molecule has 0 radical (unpaired) electrons. The highest BCUT2D eigenvalue weighted by Crippen LogP contribution is 2.41. The average Bonchev–Trinajstić information content (AvgIpc) is 2.86. The van der Waals surface area contributed by atoms with E-state index in [-0.39, 0.29) is 17.6 Å². The van der Waals surface area contributed by atoms with Crippen LogP contribution in [-0.2, 0) is 4.74 Å². The Morgan fingerprint density at radius 1 is 0.775 bits per heavy atom. The van der Waals surface area contributed by atoms with Crippen LogP contribution in [0.1, 0.15) is 153 Å². The lowest BCUT2D eigenvalue weighted by Crippen LogP contribution is -2.37. The highest BCUT2D eigenvalue weighted by molar-refractivity contribution is 4.86. The van der Waals surface area contributed by atoms with Crippen LogP contribution in [0.15, 0.2) is 0 Å². The van der Waals surface area contributed by atoms with E-state index >= 15 is 0 Å². The largest absolute Gasteiger partial charge is 0.396 e. The van der Waals surface area contributed by atoms with Crippen LogP contribution >= 0.6 is 0 Å². The molecule has 0 spiro atoms. The Hall–Kier alpha value is -0.160. The molecule has 3 aliphatic carbocycles. The van der Waals surface area contributed by atoms with Crippen molar-refractivity contribution in [2.45, 2.75) is 171 Å². The number of hydrogen-bond donors (Lipinski definition) is 3. The second kappa shape index (κ2) is 18.5. The third-order valence-corrected chi connectivity index (χ3v) is 10.2. The Morgan fingerprint density at radius 3 is 1.82 bits per heavy atom. The van der Waals surface area contributed by atoms with Crippen LogP contribution in [0.5, 0.6) is 0 Å². The van der Waals surface area contributed by atoms with Crippen LogP contribution in [0, 0.1) is 46.3 Å². The maximum atomic E-state index is 9.82. The highest BCUT2D eigenvalue weighted by atomic mass is 16.5. The van der Waals surface area contributed by atoms with Crippen LogP contribution in [-0.4, -0.2) is 46.8 Å². The lowest BCUT2D eigenvalue weighted by atomic mass is 9.68. The summed E-state index contributed by atoms with van der Waals surface area (Å²) in [6, 6.07) is 0. The summed E-state index contributed by atoms with van der Waals surface area (Å²) in [4.78, 5) is 0. The molecule has 0 aliphatic heterocycles. The molecule has 3 N–H and O–H groups in total. The van der Waals surface area contributed by atoms with Crippen LogP contribution in [0.3, 0.4) is 0 Å². The van der Waals surface area contributed by atoms with Crippen molar-refractivity contribution < 1.29 is 20.1 Å². The smallest absolute Gasteiger partial charge is 0.0608 e. The van der Waals surface area contributed by atoms with Gasteiger partial charge in [0.15, 0.2) is 0 Å². The van der Waals surface area contributed by atoms with Crippen LogP contribution in [0.4, 0.5) is 0 Å². The summed E-state index contributed by atoms with van der Waals surface area (Å²) in [7, 11) is 0. The molecule has 0 aromatic heterocycles. The SMILES string of the molecule is CC(C)C1CCC(CCO)CC1.CC(O)CCOC1CCCCC1C(C)(C)C.CC1CCC(O)C(C(C)(C)C)C1. The van der Waals surface area contributed by atoms with Gasteiger partial charge in [0.1, 0.15) is 0 Å². The predicted molar refractivity (Wildman–Crippen MR) is 171 cm³/mol. The van der Waals surface area contributed by atoms with Crippen LogP contribution in [0.2, 0.25) is 0 Å². The summed E-state index contributed by atoms with van der Waals surface area (Å²) in [5.41, 5.74) is 0.615. The van der Waals surface area contributed by atoms with Gasteiger partial charge in [-0.3, -0.25) is 0 Å². The Morgan fingerprint density at radius 2 is 1.35 bits per heavy atom. The molecule has 0 aromatic rings. The van der Waals surface area contributed by atoms with Gasteiger partial charge in [0.2, 0.25) is 0 Å². The molecule has 3 rings (SSSR count). The number of rotatable bonds is 7. The fourth-order valence-corrected chi connectivity index (χ4v) is 7.30. The summed E-state index contributed by atoms with van der Waals surface area (Å²) < 4.78 is 5.97. The minimum atomic E-state index is -0.239. The Kier molecular flexibility index (Phi) is 17.5. The number of aliphatic hydroxyl groups is 3. The summed E-state index contributed by atoms with van der Waals surface area (Å²) in [5.74, 6) is 4.62. The predicted octanol–water partition coefficient (Wildman–Crippen LogP) is 9.04. The zero-order valence-corrected chi connectivity index (χ0v) is 28.6. The number of hydrogen-bond acceptors (Lipinski definition) is 4. The fourth-order valence-electron chi connectivity index (χ4n) is 7.30. The zero-order chi connectivity index (χ0) is 30.5. The minimum Gasteiger partial charge on any atom is -0.396 e. The fraction of sp³-hybridized carbons (Fsp3) is 1.00. The van der Waals surface area contributed by atoms with Crippen molar-refractivity contribution >= 4 is 0 Å². The molecule has 3 saturated carbocycles. The van der Waals surface area contributed by atoms with E-state index < -0.39 is 0 Å². The first-order valence-corrected chi connectivity index (χ1v) is 17.1. The van der Waals surface area contributed by atoms with Gasteiger partial charge in [-0.15, -0.1) is 0 Å². The van der Waals surface area contributed by atoms with Gasteiger partial charge in [-0.2, -0.15) is 0 Å². The highest BCUT2D eigenvalue weighted by Gasteiger charge is 2.36. The van der Waals surface area contributed by atoms with E-state index in [4.69, 9.17) is 9.84 Å². The van der Waals surface area contributed by atoms with Crippen LogP contribution in [0.25, 0.3) is 0 Å². The molecule has 4 heteroatoms. The van der Waals surface area contributed by atoms with Crippen molar-refractivity contribution in [1.29, 1.82) is 0 Å². The molecular formula is C36H72O4. The molecule has 0 saturated heterocycles. The molecule has 40 heavy (non-hydrogen) atoms. The Labute approximate surface area is 250 Å². The first kappa shape index (κ1) is 37.9. The molecule has 4 nitrogen and oxygen atoms in total. The van der Waals surface area contributed by atoms with E-state index in [9.17, 15) is 10.2 Å². The van der Waals surface area contributed by atoms with Crippen molar-refractivity contribution in [3.63, 3.8) is 0 Å². The number of ether oxygens (including phenoxy) is 1. The normalized spacial score (nSPS) is 32.4. The summed E-state index contributed by atoms with van der Waals surface area (Å²) in [5, 5.41) is 27.8. The summed E-state index contributed by atoms with van der Waals surface area (Å²) in [6.07, 6.45) is 15.9. The van der Waals surface area contributed by atoms with E-state index in [1.807, 2.05) is 6.92 Å². The van der Waals surface area contributed by atoms with Crippen molar-refractivity contribution in [3.05, 3.63) is 0 Å². The van der Waals surface area contributed by atoms with E-state index in [1.54, 1.807) is 0 Å². The topological polar surface area (TPSA) is 69.9 Å². The van der Waals surface area contributed by atoms with Crippen LogP contribution < -0.4 is 0 Å². The van der Waals surface area contributed by atoms with Crippen molar-refractivity contribution in [1.82, 2.24) is 0 Å². The summed E-state index contributed by atoms with van der Waals surface area (Å²) >= 11 is 0. The van der Waals surface area contributed by atoms with E-state index in [0.717, 1.165) is 42.9 Å². The van der Waals surface area contributed by atoms with Crippen molar-refractivity contribution in [3.8, 4) is 0 Å². The zero-order valence-electron chi connectivity index (χ0n) is 28.6. The van der Waals surface area contributed by atoms with Crippen molar-refractivity contribution in [2.24, 2.45) is 46.3 Å². The second-order valence-electron chi connectivity index (χ2n) is 16.3. The third kappa shape index (κ3) is 14.8. The molecule has 0 amide bonds. The first-order chi connectivity index (χ1) is 18.6. The molecule has 6 unspecified atom stereocenters.